The lowest BCUT2D eigenvalue weighted by Crippen LogP contribution is -2.54. The van der Waals surface area contributed by atoms with Crippen molar-refractivity contribution in [2.24, 2.45) is 0 Å². The van der Waals surface area contributed by atoms with Crippen LogP contribution in [0.2, 0.25) is 0 Å². The number of rotatable bonds is 10. The van der Waals surface area contributed by atoms with Crippen LogP contribution in [0.15, 0.2) is 54.6 Å². The highest BCUT2D eigenvalue weighted by molar-refractivity contribution is 5.88. The average Bonchev–Trinajstić information content (AvgIpc) is 2.74. The molecular weight excluding hydrogens is 400 g/mol. The minimum Gasteiger partial charge on any atom is -0.484 e. The molecule has 0 radical (unpaired) electrons. The van der Waals surface area contributed by atoms with Gasteiger partial charge in [0.2, 0.25) is 5.91 Å². The first-order valence-electron chi connectivity index (χ1n) is 11.5. The molecule has 0 heterocycles. The molecule has 0 saturated carbocycles. The van der Waals surface area contributed by atoms with E-state index in [9.17, 15) is 9.59 Å². The SMILES string of the molecule is CCC(C(=O)NC(C)(C)C)N(CCc1ccccc1)C(=O)COc1ccc(C(C)C)cc1. The summed E-state index contributed by atoms with van der Waals surface area (Å²) in [5.74, 6) is 0.760. The molecule has 1 unspecified atom stereocenters. The lowest BCUT2D eigenvalue weighted by atomic mass is 10.0. The van der Waals surface area contributed by atoms with Crippen LogP contribution in [-0.4, -0.2) is 41.4 Å². The third-order valence-electron chi connectivity index (χ3n) is 5.28. The second-order valence-corrected chi connectivity index (χ2v) is 9.50. The van der Waals surface area contributed by atoms with Crippen LogP contribution in [0.25, 0.3) is 0 Å². The van der Waals surface area contributed by atoms with Gasteiger partial charge in [0.05, 0.1) is 0 Å². The molecule has 0 aliphatic rings. The zero-order valence-corrected chi connectivity index (χ0v) is 20.4. The molecule has 32 heavy (non-hydrogen) atoms. The minimum atomic E-state index is -0.544. The molecule has 0 bridgehead atoms. The molecule has 0 aromatic heterocycles. The van der Waals surface area contributed by atoms with Crippen molar-refractivity contribution < 1.29 is 14.3 Å². The number of hydrogen-bond donors (Lipinski definition) is 1. The fourth-order valence-electron chi connectivity index (χ4n) is 3.53. The Morgan fingerprint density at radius 1 is 1.00 bits per heavy atom. The quantitative estimate of drug-likeness (QED) is 0.571. The van der Waals surface area contributed by atoms with E-state index in [-0.39, 0.29) is 24.0 Å². The number of carbonyl (C=O) groups excluding carboxylic acids is 2. The van der Waals surface area contributed by atoms with Gasteiger partial charge >= 0.3 is 0 Å². The first-order chi connectivity index (χ1) is 15.1. The molecule has 0 aliphatic carbocycles. The largest absolute Gasteiger partial charge is 0.484 e. The van der Waals surface area contributed by atoms with Crippen molar-refractivity contribution in [2.45, 2.75) is 71.9 Å². The summed E-state index contributed by atoms with van der Waals surface area (Å²) >= 11 is 0. The summed E-state index contributed by atoms with van der Waals surface area (Å²) in [6, 6.07) is 17.3. The number of amides is 2. The molecule has 0 saturated heterocycles. The van der Waals surface area contributed by atoms with Gasteiger partial charge in [0.1, 0.15) is 11.8 Å². The number of nitrogens with zero attached hydrogens (tertiary/aromatic N) is 1. The fourth-order valence-corrected chi connectivity index (χ4v) is 3.53. The summed E-state index contributed by atoms with van der Waals surface area (Å²) in [5.41, 5.74) is 1.98. The van der Waals surface area contributed by atoms with Gasteiger partial charge in [0.25, 0.3) is 5.91 Å². The fraction of sp³-hybridized carbons (Fsp3) is 0.481. The Bertz CT molecular complexity index is 855. The summed E-state index contributed by atoms with van der Waals surface area (Å²) in [6.45, 7) is 12.4. The maximum Gasteiger partial charge on any atom is 0.261 e. The van der Waals surface area contributed by atoms with Crippen LogP contribution in [0.4, 0.5) is 0 Å². The van der Waals surface area contributed by atoms with Crippen molar-refractivity contribution in [3.8, 4) is 5.75 Å². The molecule has 2 amide bonds. The van der Waals surface area contributed by atoms with E-state index in [2.05, 4.69) is 19.2 Å². The standard InChI is InChI=1S/C27H38N2O3/c1-7-24(26(31)28-27(4,5)6)29(18-17-21-11-9-8-10-12-21)25(30)19-32-23-15-13-22(14-16-23)20(2)3/h8-16,20,24H,7,17-19H2,1-6H3,(H,28,31). The lowest BCUT2D eigenvalue weighted by Gasteiger charge is -2.33. The van der Waals surface area contributed by atoms with Crippen LogP contribution in [-0.2, 0) is 16.0 Å². The van der Waals surface area contributed by atoms with Crippen LogP contribution in [0, 0.1) is 0 Å². The van der Waals surface area contributed by atoms with E-state index in [1.54, 1.807) is 4.90 Å². The monoisotopic (exact) mass is 438 g/mol. The van der Waals surface area contributed by atoms with E-state index >= 15 is 0 Å². The first-order valence-corrected chi connectivity index (χ1v) is 11.5. The Hall–Kier alpha value is -2.82. The molecule has 1 atom stereocenters. The first kappa shape index (κ1) is 25.4. The zero-order chi connectivity index (χ0) is 23.7. The predicted molar refractivity (Wildman–Crippen MR) is 130 cm³/mol. The minimum absolute atomic E-state index is 0.102. The molecule has 0 aliphatic heterocycles. The van der Waals surface area contributed by atoms with Crippen molar-refractivity contribution in [1.82, 2.24) is 10.2 Å². The highest BCUT2D eigenvalue weighted by Crippen LogP contribution is 2.19. The Kier molecular flexibility index (Phi) is 9.30. The van der Waals surface area contributed by atoms with Gasteiger partial charge in [-0.1, -0.05) is 63.2 Å². The lowest BCUT2D eigenvalue weighted by molar-refractivity contribution is -0.142. The molecule has 2 rings (SSSR count). The van der Waals surface area contributed by atoms with Gasteiger partial charge in [-0.3, -0.25) is 9.59 Å². The van der Waals surface area contributed by atoms with Crippen LogP contribution in [0.1, 0.15) is 65.0 Å². The highest BCUT2D eigenvalue weighted by Gasteiger charge is 2.30. The van der Waals surface area contributed by atoms with E-state index in [1.807, 2.05) is 82.3 Å². The topological polar surface area (TPSA) is 58.6 Å². The molecule has 2 aromatic rings. The Balaban J connectivity index is 2.13. The van der Waals surface area contributed by atoms with E-state index in [1.165, 1.54) is 5.56 Å². The number of nitrogens with one attached hydrogen (secondary N) is 1. The van der Waals surface area contributed by atoms with Crippen molar-refractivity contribution >= 4 is 11.8 Å². The van der Waals surface area contributed by atoms with Crippen LogP contribution in [0.5, 0.6) is 5.75 Å². The van der Waals surface area contributed by atoms with Crippen molar-refractivity contribution in [2.75, 3.05) is 13.2 Å². The Labute approximate surface area is 193 Å². The molecule has 2 aromatic carbocycles. The highest BCUT2D eigenvalue weighted by atomic mass is 16.5. The summed E-state index contributed by atoms with van der Waals surface area (Å²) < 4.78 is 5.79. The van der Waals surface area contributed by atoms with E-state index in [0.717, 1.165) is 5.56 Å². The summed E-state index contributed by atoms with van der Waals surface area (Å²) in [7, 11) is 0. The van der Waals surface area contributed by atoms with Gasteiger partial charge in [-0.25, -0.2) is 0 Å². The summed E-state index contributed by atoms with van der Waals surface area (Å²) in [5, 5.41) is 3.02. The van der Waals surface area contributed by atoms with Crippen molar-refractivity contribution in [3.05, 3.63) is 65.7 Å². The number of hydrogen-bond acceptors (Lipinski definition) is 3. The maximum atomic E-state index is 13.2. The maximum absolute atomic E-state index is 13.2. The third kappa shape index (κ3) is 8.03. The van der Waals surface area contributed by atoms with Gasteiger partial charge in [0.15, 0.2) is 6.61 Å². The average molecular weight is 439 g/mol. The van der Waals surface area contributed by atoms with Gasteiger partial charge in [-0.15, -0.1) is 0 Å². The molecule has 5 heteroatoms. The smallest absolute Gasteiger partial charge is 0.261 e. The molecule has 174 valence electrons. The molecule has 0 spiro atoms. The normalized spacial score (nSPS) is 12.3. The van der Waals surface area contributed by atoms with Gasteiger partial charge in [-0.05, 0) is 62.8 Å². The second kappa shape index (κ2) is 11.7. The van der Waals surface area contributed by atoms with Crippen LogP contribution in [0.3, 0.4) is 0 Å². The zero-order valence-electron chi connectivity index (χ0n) is 20.4. The van der Waals surface area contributed by atoms with Crippen LogP contribution >= 0.6 is 0 Å². The van der Waals surface area contributed by atoms with Crippen molar-refractivity contribution in [1.29, 1.82) is 0 Å². The number of ether oxygens (including phenoxy) is 1. The van der Waals surface area contributed by atoms with E-state index in [0.29, 0.717) is 31.1 Å². The molecule has 5 nitrogen and oxygen atoms in total. The Morgan fingerprint density at radius 2 is 1.62 bits per heavy atom. The summed E-state index contributed by atoms with van der Waals surface area (Å²) in [4.78, 5) is 27.8. The number of carbonyl (C=O) groups is 2. The number of benzene rings is 2. The molecule has 0 fully saturated rings. The van der Waals surface area contributed by atoms with Gasteiger partial charge in [-0.2, -0.15) is 0 Å². The predicted octanol–water partition coefficient (Wildman–Crippen LogP) is 4.95. The van der Waals surface area contributed by atoms with E-state index in [4.69, 9.17) is 4.74 Å². The Morgan fingerprint density at radius 3 is 2.16 bits per heavy atom. The van der Waals surface area contributed by atoms with Gasteiger partial charge in [0, 0.05) is 12.1 Å². The van der Waals surface area contributed by atoms with E-state index < -0.39 is 6.04 Å². The molecular formula is C27H38N2O3. The van der Waals surface area contributed by atoms with Crippen molar-refractivity contribution in [3.63, 3.8) is 0 Å². The molecule has 1 N–H and O–H groups in total. The summed E-state index contributed by atoms with van der Waals surface area (Å²) in [6.07, 6.45) is 1.21. The third-order valence-corrected chi connectivity index (χ3v) is 5.28. The second-order valence-electron chi connectivity index (χ2n) is 9.50. The van der Waals surface area contributed by atoms with Crippen LogP contribution < -0.4 is 10.1 Å². The van der Waals surface area contributed by atoms with Gasteiger partial charge < -0.3 is 15.0 Å².